The molecule has 29 heavy (non-hydrogen) atoms. The molecule has 0 saturated heterocycles. The first kappa shape index (κ1) is 20.7. The molecule has 2 N–H and O–H groups in total. The SMILES string of the molecule is CC[NH+](CC)CCNC(=O)c1cc2cccnc2n(Cc2ccc(C)cc2)c1=O. The number of fused-ring (bicyclic) bond motifs is 1. The number of hydrogen-bond acceptors (Lipinski definition) is 3. The summed E-state index contributed by atoms with van der Waals surface area (Å²) >= 11 is 0. The van der Waals surface area contributed by atoms with Crippen molar-refractivity contribution in [1.29, 1.82) is 0 Å². The average Bonchev–Trinajstić information content (AvgIpc) is 2.74. The number of amides is 1. The molecule has 0 saturated carbocycles. The Labute approximate surface area is 171 Å². The van der Waals surface area contributed by atoms with E-state index in [1.165, 1.54) is 4.90 Å². The van der Waals surface area contributed by atoms with Crippen LogP contribution in [0.2, 0.25) is 0 Å². The zero-order chi connectivity index (χ0) is 20.8. The molecule has 3 aromatic rings. The van der Waals surface area contributed by atoms with Crippen molar-refractivity contribution in [1.82, 2.24) is 14.9 Å². The average molecular weight is 394 g/mol. The molecule has 3 rings (SSSR count). The van der Waals surface area contributed by atoms with Gasteiger partial charge in [-0.25, -0.2) is 4.98 Å². The summed E-state index contributed by atoms with van der Waals surface area (Å²) in [5.41, 5.74) is 2.58. The van der Waals surface area contributed by atoms with Crippen LogP contribution >= 0.6 is 0 Å². The van der Waals surface area contributed by atoms with Gasteiger partial charge in [-0.1, -0.05) is 29.8 Å². The summed E-state index contributed by atoms with van der Waals surface area (Å²) in [6.45, 7) is 10.1. The van der Waals surface area contributed by atoms with Gasteiger partial charge < -0.3 is 10.2 Å². The molecule has 0 aliphatic rings. The fourth-order valence-electron chi connectivity index (χ4n) is 3.44. The van der Waals surface area contributed by atoms with Crippen molar-refractivity contribution >= 4 is 16.9 Å². The molecule has 0 aliphatic heterocycles. The van der Waals surface area contributed by atoms with Gasteiger partial charge in [0.2, 0.25) is 0 Å². The summed E-state index contributed by atoms with van der Waals surface area (Å²) in [5, 5.41) is 3.69. The van der Waals surface area contributed by atoms with Gasteiger partial charge in [0.1, 0.15) is 11.2 Å². The highest BCUT2D eigenvalue weighted by atomic mass is 16.2. The Bertz CT molecular complexity index is 1040. The number of likely N-dealkylation sites (N-methyl/N-ethyl adjacent to an activating group) is 1. The Hall–Kier alpha value is -2.99. The number of pyridine rings is 2. The summed E-state index contributed by atoms with van der Waals surface area (Å²) < 4.78 is 1.59. The molecule has 152 valence electrons. The molecule has 6 heteroatoms. The van der Waals surface area contributed by atoms with Crippen LogP contribution in [0.15, 0.2) is 53.5 Å². The molecular formula is C23H29N4O2+. The van der Waals surface area contributed by atoms with Gasteiger partial charge in [0.25, 0.3) is 11.5 Å². The molecule has 0 radical (unpaired) electrons. The Kier molecular flexibility index (Phi) is 6.77. The number of carbonyl (C=O) groups excluding carboxylic acids is 1. The normalized spacial score (nSPS) is 11.2. The summed E-state index contributed by atoms with van der Waals surface area (Å²) in [6.07, 6.45) is 1.67. The second-order valence-corrected chi connectivity index (χ2v) is 7.31. The smallest absolute Gasteiger partial charge is 0.265 e. The van der Waals surface area contributed by atoms with E-state index < -0.39 is 0 Å². The predicted octanol–water partition coefficient (Wildman–Crippen LogP) is 1.41. The Morgan fingerprint density at radius 1 is 1.14 bits per heavy atom. The lowest BCUT2D eigenvalue weighted by atomic mass is 10.1. The lowest BCUT2D eigenvalue weighted by Crippen LogP contribution is -3.12. The number of hydrogen-bond donors (Lipinski definition) is 2. The highest BCUT2D eigenvalue weighted by Crippen LogP contribution is 2.13. The van der Waals surface area contributed by atoms with Gasteiger partial charge in [-0.3, -0.25) is 14.2 Å². The maximum atomic E-state index is 13.2. The number of rotatable bonds is 8. The van der Waals surface area contributed by atoms with E-state index in [9.17, 15) is 9.59 Å². The van der Waals surface area contributed by atoms with Crippen LogP contribution in [0.5, 0.6) is 0 Å². The zero-order valence-electron chi connectivity index (χ0n) is 17.4. The van der Waals surface area contributed by atoms with Gasteiger partial charge in [-0.05, 0) is 44.5 Å². The van der Waals surface area contributed by atoms with E-state index in [4.69, 9.17) is 0 Å². The van der Waals surface area contributed by atoms with E-state index in [1.807, 2.05) is 43.3 Å². The first-order valence-corrected chi connectivity index (χ1v) is 10.2. The van der Waals surface area contributed by atoms with Crippen molar-refractivity contribution in [2.24, 2.45) is 0 Å². The Balaban J connectivity index is 1.92. The van der Waals surface area contributed by atoms with Crippen LogP contribution in [-0.2, 0) is 6.54 Å². The molecule has 0 aliphatic carbocycles. The summed E-state index contributed by atoms with van der Waals surface area (Å²) in [4.78, 5) is 31.7. The topological polar surface area (TPSA) is 68.4 Å². The minimum absolute atomic E-state index is 0.159. The Morgan fingerprint density at radius 3 is 2.55 bits per heavy atom. The molecule has 1 aromatic carbocycles. The van der Waals surface area contributed by atoms with Crippen LogP contribution in [0, 0.1) is 6.92 Å². The maximum Gasteiger partial charge on any atom is 0.265 e. The van der Waals surface area contributed by atoms with Crippen LogP contribution in [0.3, 0.4) is 0 Å². The summed E-state index contributed by atoms with van der Waals surface area (Å²) in [7, 11) is 0. The quantitative estimate of drug-likeness (QED) is 0.608. The fourth-order valence-corrected chi connectivity index (χ4v) is 3.44. The maximum absolute atomic E-state index is 13.2. The minimum atomic E-state index is -0.329. The highest BCUT2D eigenvalue weighted by Gasteiger charge is 2.17. The van der Waals surface area contributed by atoms with Crippen LogP contribution in [0.4, 0.5) is 0 Å². The van der Waals surface area contributed by atoms with Crippen molar-refractivity contribution < 1.29 is 9.69 Å². The van der Waals surface area contributed by atoms with Gasteiger partial charge in [0.05, 0.1) is 32.7 Å². The van der Waals surface area contributed by atoms with Crippen LogP contribution in [-0.4, -0.2) is 41.6 Å². The number of benzene rings is 1. The number of quaternary nitrogens is 1. The van der Waals surface area contributed by atoms with Crippen molar-refractivity contribution in [3.63, 3.8) is 0 Å². The molecule has 0 atom stereocenters. The molecule has 0 fully saturated rings. The third-order valence-electron chi connectivity index (χ3n) is 5.32. The van der Waals surface area contributed by atoms with Crippen molar-refractivity contribution in [2.75, 3.05) is 26.2 Å². The molecule has 6 nitrogen and oxygen atoms in total. The third kappa shape index (κ3) is 4.90. The summed E-state index contributed by atoms with van der Waals surface area (Å²) in [6, 6.07) is 13.4. The van der Waals surface area contributed by atoms with E-state index in [0.717, 1.165) is 36.1 Å². The predicted molar refractivity (Wildman–Crippen MR) is 116 cm³/mol. The lowest BCUT2D eigenvalue weighted by molar-refractivity contribution is -0.895. The van der Waals surface area contributed by atoms with E-state index in [-0.39, 0.29) is 17.0 Å². The van der Waals surface area contributed by atoms with Crippen molar-refractivity contribution in [3.05, 3.63) is 75.7 Å². The molecule has 0 spiro atoms. The van der Waals surface area contributed by atoms with Gasteiger partial charge in [-0.2, -0.15) is 0 Å². The first-order valence-electron chi connectivity index (χ1n) is 10.2. The van der Waals surface area contributed by atoms with Gasteiger partial charge in [-0.15, -0.1) is 0 Å². The second kappa shape index (κ2) is 9.47. The third-order valence-corrected chi connectivity index (χ3v) is 5.32. The molecule has 1 amide bonds. The second-order valence-electron chi connectivity index (χ2n) is 7.31. The standard InChI is InChI=1S/C23H28N4O2/c1-4-26(5-2)14-13-25-22(28)20-15-19-7-6-12-24-21(19)27(23(20)29)16-18-10-8-17(3)9-11-18/h6-12,15H,4-5,13-14,16H2,1-3H3,(H,25,28)/p+1. The van der Waals surface area contributed by atoms with Crippen molar-refractivity contribution in [3.8, 4) is 0 Å². The number of nitrogens with one attached hydrogen (secondary N) is 2. The largest absolute Gasteiger partial charge is 0.346 e. The Morgan fingerprint density at radius 2 is 1.86 bits per heavy atom. The molecular weight excluding hydrogens is 364 g/mol. The van der Waals surface area contributed by atoms with Gasteiger partial charge >= 0.3 is 0 Å². The molecule has 2 heterocycles. The van der Waals surface area contributed by atoms with E-state index >= 15 is 0 Å². The number of aryl methyl sites for hydroxylation is 1. The van der Waals surface area contributed by atoms with Crippen LogP contribution in [0.25, 0.3) is 11.0 Å². The molecule has 2 aromatic heterocycles. The van der Waals surface area contributed by atoms with Gasteiger partial charge in [0.15, 0.2) is 0 Å². The highest BCUT2D eigenvalue weighted by molar-refractivity contribution is 5.96. The minimum Gasteiger partial charge on any atom is -0.346 e. The lowest BCUT2D eigenvalue weighted by Gasteiger charge is -2.16. The van der Waals surface area contributed by atoms with E-state index in [0.29, 0.717) is 18.7 Å². The van der Waals surface area contributed by atoms with Crippen molar-refractivity contribution in [2.45, 2.75) is 27.3 Å². The van der Waals surface area contributed by atoms with E-state index in [2.05, 4.69) is 24.1 Å². The number of carbonyl (C=O) groups is 1. The number of nitrogens with zero attached hydrogens (tertiary/aromatic N) is 2. The van der Waals surface area contributed by atoms with Crippen LogP contribution in [0.1, 0.15) is 35.3 Å². The van der Waals surface area contributed by atoms with Crippen LogP contribution < -0.4 is 15.8 Å². The molecule has 0 unspecified atom stereocenters. The first-order chi connectivity index (χ1) is 14.0. The fraction of sp³-hybridized carbons (Fsp3) is 0.348. The van der Waals surface area contributed by atoms with E-state index in [1.54, 1.807) is 16.8 Å². The zero-order valence-corrected chi connectivity index (χ0v) is 17.4. The number of aromatic nitrogens is 2. The summed E-state index contributed by atoms with van der Waals surface area (Å²) in [5.74, 6) is -0.329. The van der Waals surface area contributed by atoms with Gasteiger partial charge in [0, 0.05) is 11.6 Å². The monoisotopic (exact) mass is 393 g/mol. The molecule has 0 bridgehead atoms.